The third-order valence-electron chi connectivity index (χ3n) is 4.73. The molecule has 12 heteroatoms. The third kappa shape index (κ3) is 7.04. The third-order valence-corrected chi connectivity index (χ3v) is 4.73. The van der Waals surface area contributed by atoms with Gasteiger partial charge in [0.2, 0.25) is 0 Å². The van der Waals surface area contributed by atoms with E-state index in [0.717, 1.165) is 18.2 Å². The Morgan fingerprint density at radius 1 is 0.912 bits per heavy atom. The zero-order valence-electron chi connectivity index (χ0n) is 17.7. The highest BCUT2D eigenvalue weighted by atomic mass is 19.4. The molecule has 0 aliphatic carbocycles. The molecule has 0 radical (unpaired) electrons. The van der Waals surface area contributed by atoms with Crippen LogP contribution in [0, 0.1) is 5.92 Å². The minimum atomic E-state index is -5.25. The molecule has 0 saturated carbocycles. The van der Waals surface area contributed by atoms with Gasteiger partial charge in [-0.05, 0) is 47.7 Å². The lowest BCUT2D eigenvalue weighted by Crippen LogP contribution is -2.22. The molecule has 1 unspecified atom stereocenters. The first kappa shape index (κ1) is 27.3. The largest absolute Gasteiger partial charge is 0.483 e. The van der Waals surface area contributed by atoms with Crippen LogP contribution in [0.2, 0.25) is 0 Å². The Labute approximate surface area is 188 Å². The van der Waals surface area contributed by atoms with Crippen LogP contribution in [0.1, 0.15) is 42.9 Å². The molecule has 2 rings (SSSR count). The van der Waals surface area contributed by atoms with E-state index in [-0.39, 0.29) is 23.5 Å². The molecule has 0 spiro atoms. The number of ether oxygens (including phenoxy) is 1. The van der Waals surface area contributed by atoms with Crippen molar-refractivity contribution in [3.05, 3.63) is 53.1 Å². The molecule has 0 aliphatic rings. The molecule has 0 aromatic heterocycles. The molecule has 0 bridgehead atoms. The van der Waals surface area contributed by atoms with E-state index < -0.39 is 59.5 Å². The highest BCUT2D eigenvalue weighted by Crippen LogP contribution is 2.45. The van der Waals surface area contributed by atoms with Gasteiger partial charge in [0.25, 0.3) is 0 Å². The lowest BCUT2D eigenvalue weighted by atomic mass is 9.86. The number of carbonyl (C=O) groups is 1. The van der Waals surface area contributed by atoms with Crippen molar-refractivity contribution in [1.82, 2.24) is 0 Å². The van der Waals surface area contributed by atoms with Crippen LogP contribution in [0.25, 0.3) is 11.1 Å². The summed E-state index contributed by atoms with van der Waals surface area (Å²) in [5.74, 6) is -4.46. The first-order valence-electron chi connectivity index (χ1n) is 9.75. The maximum Gasteiger partial charge on any atom is 0.422 e. The summed E-state index contributed by atoms with van der Waals surface area (Å²) < 4.78 is 123. The van der Waals surface area contributed by atoms with E-state index in [1.54, 1.807) is 13.8 Å². The number of rotatable bonds is 7. The number of aliphatic carboxylic acids is 1. The molecule has 2 aromatic carbocycles. The van der Waals surface area contributed by atoms with Crippen molar-refractivity contribution >= 4 is 5.97 Å². The van der Waals surface area contributed by atoms with E-state index in [1.165, 1.54) is 0 Å². The fourth-order valence-electron chi connectivity index (χ4n) is 3.28. The smallest absolute Gasteiger partial charge is 0.422 e. The Balaban J connectivity index is 2.82. The zero-order valence-corrected chi connectivity index (χ0v) is 17.7. The Bertz CT molecular complexity index is 1000. The van der Waals surface area contributed by atoms with E-state index in [1.807, 2.05) is 0 Å². The standard InChI is InChI=1S/C22H19F9O3/c1-11(2)7-16(19(32)33)13-8-15(12-3-5-14(6-4-12)21(26,27)28)18(34-10-20(23,24)25)17(9-13)22(29,30)31/h3-6,8-9,11,16H,7,10H2,1-2H3,(H,32,33). The van der Waals surface area contributed by atoms with Crippen LogP contribution >= 0.6 is 0 Å². The average molecular weight is 502 g/mol. The molecule has 1 atom stereocenters. The van der Waals surface area contributed by atoms with Gasteiger partial charge in [0.1, 0.15) is 5.75 Å². The minimum Gasteiger partial charge on any atom is -0.483 e. The van der Waals surface area contributed by atoms with E-state index in [4.69, 9.17) is 0 Å². The number of benzene rings is 2. The molecule has 0 heterocycles. The number of halogens is 9. The lowest BCUT2D eigenvalue weighted by Gasteiger charge is -2.23. The topological polar surface area (TPSA) is 46.5 Å². The molecule has 1 N–H and O–H groups in total. The zero-order chi connectivity index (χ0) is 26.1. The SMILES string of the molecule is CC(C)CC(C(=O)O)c1cc(-c2ccc(C(F)(F)F)cc2)c(OCC(F)(F)F)c(C(F)(F)F)c1. The Morgan fingerprint density at radius 2 is 1.47 bits per heavy atom. The summed E-state index contributed by atoms with van der Waals surface area (Å²) in [7, 11) is 0. The summed E-state index contributed by atoms with van der Waals surface area (Å²) in [6.07, 6.45) is -15.1. The van der Waals surface area contributed by atoms with Gasteiger partial charge in [-0.3, -0.25) is 4.79 Å². The van der Waals surface area contributed by atoms with Crippen LogP contribution < -0.4 is 4.74 Å². The first-order valence-corrected chi connectivity index (χ1v) is 9.75. The quantitative estimate of drug-likeness (QED) is 0.398. The van der Waals surface area contributed by atoms with Crippen LogP contribution in [0.5, 0.6) is 5.75 Å². The molecule has 2 aromatic rings. The van der Waals surface area contributed by atoms with Crippen molar-refractivity contribution in [1.29, 1.82) is 0 Å². The maximum atomic E-state index is 13.8. The summed E-state index contributed by atoms with van der Waals surface area (Å²) >= 11 is 0. The van der Waals surface area contributed by atoms with Gasteiger partial charge in [-0.2, -0.15) is 39.5 Å². The molecular formula is C22H19F9O3. The predicted molar refractivity (Wildman–Crippen MR) is 103 cm³/mol. The molecule has 0 fully saturated rings. The second kappa shape index (κ2) is 9.75. The van der Waals surface area contributed by atoms with Gasteiger partial charge in [0.15, 0.2) is 6.61 Å². The molecule has 0 amide bonds. The van der Waals surface area contributed by atoms with Crippen molar-refractivity contribution in [2.45, 2.75) is 44.7 Å². The summed E-state index contributed by atoms with van der Waals surface area (Å²) in [6, 6.07) is 3.96. The molecular weight excluding hydrogens is 483 g/mol. The lowest BCUT2D eigenvalue weighted by molar-refractivity contribution is -0.158. The predicted octanol–water partition coefficient (Wildman–Crippen LogP) is 7.55. The van der Waals surface area contributed by atoms with Crippen LogP contribution in [-0.2, 0) is 17.1 Å². The van der Waals surface area contributed by atoms with Gasteiger partial charge in [0.05, 0.1) is 17.0 Å². The van der Waals surface area contributed by atoms with E-state index >= 15 is 0 Å². The fourth-order valence-corrected chi connectivity index (χ4v) is 3.28. The maximum absolute atomic E-state index is 13.8. The Morgan fingerprint density at radius 3 is 1.88 bits per heavy atom. The van der Waals surface area contributed by atoms with Gasteiger partial charge in [-0.1, -0.05) is 26.0 Å². The normalized spacial score (nSPS) is 13.8. The highest BCUT2D eigenvalue weighted by Gasteiger charge is 2.39. The Kier molecular flexibility index (Phi) is 7.84. The number of alkyl halides is 9. The second-order valence-electron chi connectivity index (χ2n) is 7.94. The summed E-state index contributed by atoms with van der Waals surface area (Å²) in [5, 5.41) is 9.55. The molecule has 188 valence electrons. The average Bonchev–Trinajstić information content (AvgIpc) is 2.67. The van der Waals surface area contributed by atoms with Gasteiger partial charge in [-0.15, -0.1) is 0 Å². The first-order chi connectivity index (χ1) is 15.4. The molecule has 0 aliphatic heterocycles. The number of hydrogen-bond acceptors (Lipinski definition) is 2. The molecule has 3 nitrogen and oxygen atoms in total. The minimum absolute atomic E-state index is 0.0954. The summed E-state index contributed by atoms with van der Waals surface area (Å²) in [6.45, 7) is 1.15. The van der Waals surface area contributed by atoms with Crippen molar-refractivity contribution in [3.8, 4) is 16.9 Å². The van der Waals surface area contributed by atoms with Crippen LogP contribution in [0.4, 0.5) is 39.5 Å². The van der Waals surface area contributed by atoms with Crippen LogP contribution in [0.15, 0.2) is 36.4 Å². The van der Waals surface area contributed by atoms with Crippen LogP contribution in [0.3, 0.4) is 0 Å². The second-order valence-corrected chi connectivity index (χ2v) is 7.94. The summed E-state index contributed by atoms with van der Waals surface area (Å²) in [5.41, 5.74) is -4.10. The van der Waals surface area contributed by atoms with Gasteiger partial charge >= 0.3 is 24.5 Å². The van der Waals surface area contributed by atoms with E-state index in [9.17, 15) is 49.4 Å². The van der Waals surface area contributed by atoms with Gasteiger partial charge in [0, 0.05) is 5.56 Å². The van der Waals surface area contributed by atoms with Crippen molar-refractivity contribution < 1.29 is 54.2 Å². The molecule has 34 heavy (non-hydrogen) atoms. The van der Waals surface area contributed by atoms with Crippen molar-refractivity contribution in [2.24, 2.45) is 5.92 Å². The van der Waals surface area contributed by atoms with Crippen molar-refractivity contribution in [2.75, 3.05) is 6.61 Å². The Hall–Kier alpha value is -2.92. The van der Waals surface area contributed by atoms with E-state index in [2.05, 4.69) is 4.74 Å². The van der Waals surface area contributed by atoms with Crippen LogP contribution in [-0.4, -0.2) is 23.9 Å². The van der Waals surface area contributed by atoms with Gasteiger partial charge in [-0.25, -0.2) is 0 Å². The van der Waals surface area contributed by atoms with E-state index in [0.29, 0.717) is 18.2 Å². The molecule has 0 saturated heterocycles. The highest BCUT2D eigenvalue weighted by molar-refractivity contribution is 5.80. The fraction of sp³-hybridized carbons (Fsp3) is 0.409. The number of carboxylic acids is 1. The summed E-state index contributed by atoms with van der Waals surface area (Å²) in [4.78, 5) is 11.8. The monoisotopic (exact) mass is 502 g/mol. The number of hydrogen-bond donors (Lipinski definition) is 1. The van der Waals surface area contributed by atoms with Crippen molar-refractivity contribution in [3.63, 3.8) is 0 Å². The number of carboxylic acid groups (broad SMARTS) is 1. The van der Waals surface area contributed by atoms with Gasteiger partial charge < -0.3 is 9.84 Å².